The van der Waals surface area contributed by atoms with Crippen LogP contribution < -0.4 is 4.74 Å². The van der Waals surface area contributed by atoms with Gasteiger partial charge in [-0.2, -0.15) is 0 Å². The number of terminal acetylenes is 1. The molecule has 0 bridgehead atoms. The van der Waals surface area contributed by atoms with Crippen LogP contribution in [0.1, 0.15) is 6.42 Å². The van der Waals surface area contributed by atoms with E-state index >= 15 is 0 Å². The van der Waals surface area contributed by atoms with Gasteiger partial charge in [-0.15, -0.1) is 12.3 Å². The first kappa shape index (κ1) is 10.1. The van der Waals surface area contributed by atoms with Gasteiger partial charge >= 0.3 is 0 Å². The lowest BCUT2D eigenvalue weighted by Gasteiger charge is -2.04. The Morgan fingerprint density at radius 1 is 1.54 bits per heavy atom. The first-order valence-electron chi connectivity index (χ1n) is 3.75. The third-order valence-corrected chi connectivity index (χ3v) is 2.01. The van der Waals surface area contributed by atoms with E-state index in [1.165, 1.54) is 6.07 Å². The molecule has 1 rings (SSSR count). The fourth-order valence-electron chi connectivity index (χ4n) is 0.794. The Labute approximate surface area is 85.0 Å². The number of hydrogen-bond donors (Lipinski definition) is 0. The first-order valence-corrected chi connectivity index (χ1v) is 4.54. The molecule has 0 aromatic heterocycles. The van der Waals surface area contributed by atoms with Crippen LogP contribution in [0.15, 0.2) is 22.7 Å². The van der Waals surface area contributed by atoms with Gasteiger partial charge in [0.05, 0.1) is 11.1 Å². The molecule has 0 saturated carbocycles. The Morgan fingerprint density at radius 2 is 2.31 bits per heavy atom. The summed E-state index contributed by atoms with van der Waals surface area (Å²) in [4.78, 5) is 0. The van der Waals surface area contributed by atoms with E-state index in [4.69, 9.17) is 11.2 Å². The van der Waals surface area contributed by atoms with Gasteiger partial charge in [-0.25, -0.2) is 4.39 Å². The molecule has 0 atom stereocenters. The molecule has 1 nitrogen and oxygen atoms in total. The minimum absolute atomic E-state index is 0.302. The predicted molar refractivity (Wildman–Crippen MR) is 53.0 cm³/mol. The van der Waals surface area contributed by atoms with Crippen molar-refractivity contribution in [1.82, 2.24) is 0 Å². The average molecular weight is 243 g/mol. The van der Waals surface area contributed by atoms with E-state index in [1.807, 2.05) is 0 Å². The molecule has 0 aliphatic heterocycles. The van der Waals surface area contributed by atoms with Crippen LogP contribution in [0.4, 0.5) is 4.39 Å². The highest BCUT2D eigenvalue weighted by molar-refractivity contribution is 9.10. The minimum Gasteiger partial charge on any atom is -0.493 e. The largest absolute Gasteiger partial charge is 0.493 e. The summed E-state index contributed by atoms with van der Waals surface area (Å²) in [5, 5.41) is 0. The number of hydrogen-bond acceptors (Lipinski definition) is 1. The number of rotatable bonds is 3. The maximum atomic E-state index is 12.8. The Balaban J connectivity index is 2.59. The lowest BCUT2D eigenvalue weighted by Crippen LogP contribution is -1.95. The summed E-state index contributed by atoms with van der Waals surface area (Å²) in [6, 6.07) is 4.48. The third kappa shape index (κ3) is 3.08. The summed E-state index contributed by atoms with van der Waals surface area (Å²) in [6.07, 6.45) is 5.60. The van der Waals surface area contributed by atoms with Crippen molar-refractivity contribution >= 4 is 15.9 Å². The molecule has 0 radical (unpaired) electrons. The predicted octanol–water partition coefficient (Wildman–Crippen LogP) is 2.99. The zero-order valence-electron chi connectivity index (χ0n) is 6.89. The van der Waals surface area contributed by atoms with Crippen molar-refractivity contribution in [2.45, 2.75) is 6.42 Å². The van der Waals surface area contributed by atoms with E-state index in [2.05, 4.69) is 21.9 Å². The molecule has 0 heterocycles. The summed E-state index contributed by atoms with van der Waals surface area (Å²) < 4.78 is 18.4. The minimum atomic E-state index is -0.302. The SMILES string of the molecule is C#CCCOc1ccc(F)c(Br)c1. The van der Waals surface area contributed by atoms with Crippen LogP contribution in [-0.2, 0) is 0 Å². The molecule has 1 aromatic carbocycles. The number of halogens is 2. The number of benzene rings is 1. The topological polar surface area (TPSA) is 9.23 Å². The first-order chi connectivity index (χ1) is 6.24. The second-order valence-corrected chi connectivity index (χ2v) is 3.23. The fraction of sp³-hybridized carbons (Fsp3) is 0.200. The van der Waals surface area contributed by atoms with E-state index in [1.54, 1.807) is 12.1 Å². The van der Waals surface area contributed by atoms with Gasteiger partial charge in [-0.05, 0) is 34.1 Å². The highest BCUT2D eigenvalue weighted by atomic mass is 79.9. The summed E-state index contributed by atoms with van der Waals surface area (Å²) in [5.41, 5.74) is 0. The smallest absolute Gasteiger partial charge is 0.137 e. The van der Waals surface area contributed by atoms with Crippen LogP contribution in [0.2, 0.25) is 0 Å². The summed E-state index contributed by atoms with van der Waals surface area (Å²) in [7, 11) is 0. The second kappa shape index (κ2) is 4.88. The van der Waals surface area contributed by atoms with Gasteiger partial charge < -0.3 is 4.74 Å². The molecule has 68 valence electrons. The van der Waals surface area contributed by atoms with Crippen molar-refractivity contribution in [3.8, 4) is 18.1 Å². The van der Waals surface area contributed by atoms with Crippen LogP contribution in [0.25, 0.3) is 0 Å². The standard InChI is InChI=1S/C10H8BrFO/c1-2-3-6-13-8-4-5-10(12)9(11)7-8/h1,4-5,7H,3,6H2. The van der Waals surface area contributed by atoms with E-state index in [9.17, 15) is 4.39 Å². The summed E-state index contributed by atoms with van der Waals surface area (Å²) >= 11 is 3.06. The molecule has 0 saturated heterocycles. The van der Waals surface area contributed by atoms with Crippen LogP contribution in [0, 0.1) is 18.2 Å². The van der Waals surface area contributed by atoms with E-state index < -0.39 is 0 Å². The average Bonchev–Trinajstić information content (AvgIpc) is 2.12. The third-order valence-electron chi connectivity index (χ3n) is 1.41. The normalized spacial score (nSPS) is 9.31. The molecule has 3 heteroatoms. The van der Waals surface area contributed by atoms with Gasteiger partial charge in [0.15, 0.2) is 0 Å². The lowest BCUT2D eigenvalue weighted by atomic mass is 10.3. The van der Waals surface area contributed by atoms with Crippen LogP contribution >= 0.6 is 15.9 Å². The zero-order chi connectivity index (χ0) is 9.68. The monoisotopic (exact) mass is 242 g/mol. The van der Waals surface area contributed by atoms with Crippen LogP contribution in [0.5, 0.6) is 5.75 Å². The van der Waals surface area contributed by atoms with Crippen molar-refractivity contribution < 1.29 is 9.13 Å². The summed E-state index contributed by atoms with van der Waals surface area (Å²) in [5.74, 6) is 2.77. The van der Waals surface area contributed by atoms with Gasteiger partial charge in [-0.1, -0.05) is 0 Å². The van der Waals surface area contributed by atoms with Crippen molar-refractivity contribution in [2.75, 3.05) is 6.61 Å². The molecule has 0 amide bonds. The molecular formula is C10H8BrFO. The number of ether oxygens (including phenoxy) is 1. The van der Waals surface area contributed by atoms with Crippen molar-refractivity contribution in [3.05, 3.63) is 28.5 Å². The summed E-state index contributed by atoms with van der Waals surface area (Å²) in [6.45, 7) is 0.453. The molecule has 0 aliphatic carbocycles. The van der Waals surface area contributed by atoms with E-state index in [0.717, 1.165) is 0 Å². The molecule has 13 heavy (non-hydrogen) atoms. The Kier molecular flexibility index (Phi) is 3.78. The zero-order valence-corrected chi connectivity index (χ0v) is 8.47. The van der Waals surface area contributed by atoms with E-state index in [0.29, 0.717) is 23.2 Å². The van der Waals surface area contributed by atoms with Gasteiger partial charge in [0.1, 0.15) is 11.6 Å². The van der Waals surface area contributed by atoms with Crippen LogP contribution in [-0.4, -0.2) is 6.61 Å². The molecule has 1 aromatic rings. The molecular weight excluding hydrogens is 235 g/mol. The molecule has 0 N–H and O–H groups in total. The fourth-order valence-corrected chi connectivity index (χ4v) is 1.15. The Morgan fingerprint density at radius 3 is 2.92 bits per heavy atom. The Hall–Kier alpha value is -1.01. The van der Waals surface area contributed by atoms with Crippen LogP contribution in [0.3, 0.4) is 0 Å². The highest BCUT2D eigenvalue weighted by Crippen LogP contribution is 2.21. The molecule has 0 aliphatic rings. The molecule has 0 fully saturated rings. The molecule has 0 unspecified atom stereocenters. The maximum absolute atomic E-state index is 12.8. The van der Waals surface area contributed by atoms with Gasteiger partial charge in [-0.3, -0.25) is 0 Å². The second-order valence-electron chi connectivity index (χ2n) is 2.38. The van der Waals surface area contributed by atoms with Gasteiger partial charge in [0, 0.05) is 6.42 Å². The Bertz CT molecular complexity index is 330. The van der Waals surface area contributed by atoms with E-state index in [-0.39, 0.29) is 5.82 Å². The molecule has 0 spiro atoms. The van der Waals surface area contributed by atoms with Crippen molar-refractivity contribution in [1.29, 1.82) is 0 Å². The van der Waals surface area contributed by atoms with Crippen molar-refractivity contribution in [2.24, 2.45) is 0 Å². The lowest BCUT2D eigenvalue weighted by molar-refractivity contribution is 0.326. The quantitative estimate of drug-likeness (QED) is 0.585. The maximum Gasteiger partial charge on any atom is 0.137 e. The van der Waals surface area contributed by atoms with Crippen molar-refractivity contribution in [3.63, 3.8) is 0 Å². The highest BCUT2D eigenvalue weighted by Gasteiger charge is 2.00. The van der Waals surface area contributed by atoms with Gasteiger partial charge in [0.2, 0.25) is 0 Å². The van der Waals surface area contributed by atoms with Gasteiger partial charge in [0.25, 0.3) is 0 Å².